The number of hydrogen-bond donors (Lipinski definition) is 1. The third-order valence-electron chi connectivity index (χ3n) is 1.58. The van der Waals surface area contributed by atoms with Crippen LogP contribution in [-0.4, -0.2) is 17.0 Å². The van der Waals surface area contributed by atoms with Gasteiger partial charge in [0.1, 0.15) is 23.0 Å². The fraction of sp³-hybridized carbons (Fsp3) is 0.333. The van der Waals surface area contributed by atoms with Crippen LogP contribution in [0.5, 0.6) is 0 Å². The second kappa shape index (κ2) is 6.91. The average molecular weight is 286 g/mol. The molecule has 1 heterocycles. The topological polar surface area (TPSA) is 65.2 Å². The van der Waals surface area contributed by atoms with Crippen molar-refractivity contribution in [1.82, 2.24) is 4.98 Å². The van der Waals surface area contributed by atoms with E-state index in [-0.39, 0.29) is 29.3 Å². The van der Waals surface area contributed by atoms with Crippen molar-refractivity contribution in [3.05, 3.63) is 28.0 Å². The third kappa shape index (κ3) is 4.99. The predicted octanol–water partition coefficient (Wildman–Crippen LogP) is 2.20. The van der Waals surface area contributed by atoms with Crippen molar-refractivity contribution in [3.8, 4) is 0 Å². The monoisotopic (exact) mass is 284 g/mol. The molecule has 4 nitrogen and oxygen atoms in total. The molecule has 0 aliphatic heterocycles. The van der Waals surface area contributed by atoms with Crippen LogP contribution in [0.1, 0.15) is 12.5 Å². The van der Waals surface area contributed by atoms with E-state index in [1.165, 1.54) is 0 Å². The average Bonchev–Trinajstić information content (AvgIpc) is 2.12. The molecule has 0 saturated heterocycles. The van der Waals surface area contributed by atoms with Gasteiger partial charge in [0.05, 0.1) is 0 Å². The Hall–Kier alpha value is -0.550. The molecule has 0 aliphatic rings. The summed E-state index contributed by atoms with van der Waals surface area (Å²) in [4.78, 5) is 14.8. The van der Waals surface area contributed by atoms with E-state index in [4.69, 9.17) is 33.7 Å². The van der Waals surface area contributed by atoms with Crippen LogP contribution in [0.25, 0.3) is 0 Å². The van der Waals surface area contributed by atoms with Gasteiger partial charge in [0.2, 0.25) is 0 Å². The van der Waals surface area contributed by atoms with Gasteiger partial charge in [-0.05, 0) is 24.6 Å². The Morgan fingerprint density at radius 3 is 2.44 bits per heavy atom. The lowest BCUT2D eigenvalue weighted by Gasteiger charge is -2.07. The third-order valence-corrected chi connectivity index (χ3v) is 1.96. The predicted molar refractivity (Wildman–Crippen MR) is 65.0 cm³/mol. The first kappa shape index (κ1) is 15.4. The van der Waals surface area contributed by atoms with Gasteiger partial charge in [-0.3, -0.25) is 4.79 Å². The summed E-state index contributed by atoms with van der Waals surface area (Å²) < 4.78 is 4.89. The van der Waals surface area contributed by atoms with Crippen molar-refractivity contribution in [2.24, 2.45) is 5.73 Å². The molecule has 1 rings (SSSR count). The Balaban J connectivity index is 0.00000225. The van der Waals surface area contributed by atoms with Crippen molar-refractivity contribution >= 4 is 41.6 Å². The van der Waals surface area contributed by atoms with E-state index in [0.29, 0.717) is 5.56 Å². The van der Waals surface area contributed by atoms with E-state index in [1.807, 2.05) is 0 Å². The van der Waals surface area contributed by atoms with Crippen LogP contribution in [0.4, 0.5) is 0 Å². The standard InChI is InChI=1S/C9H10Cl2N2O2.ClH/c1-5(12)9(14)15-4-6-2-7(10)13-8(11)3-6;/h2-3,5H,4,12H2,1H3;1H/t5-;/m0./s1. The van der Waals surface area contributed by atoms with E-state index in [2.05, 4.69) is 4.98 Å². The Morgan fingerprint density at radius 1 is 1.50 bits per heavy atom. The van der Waals surface area contributed by atoms with E-state index >= 15 is 0 Å². The van der Waals surface area contributed by atoms with E-state index in [1.54, 1.807) is 19.1 Å². The van der Waals surface area contributed by atoms with Gasteiger partial charge in [0, 0.05) is 0 Å². The Bertz CT molecular complexity index is 352. The minimum Gasteiger partial charge on any atom is -0.460 e. The van der Waals surface area contributed by atoms with Gasteiger partial charge in [-0.15, -0.1) is 12.4 Å². The SMILES string of the molecule is C[C@H](N)C(=O)OCc1cc(Cl)nc(Cl)c1.Cl. The number of nitrogens with two attached hydrogens (primary N) is 1. The molecule has 0 radical (unpaired) electrons. The fourth-order valence-electron chi connectivity index (χ4n) is 0.883. The summed E-state index contributed by atoms with van der Waals surface area (Å²) in [6.07, 6.45) is 0. The highest BCUT2D eigenvalue weighted by atomic mass is 35.5. The number of carbonyl (C=O) groups excluding carboxylic acids is 1. The Kier molecular flexibility index (Phi) is 6.67. The molecule has 1 atom stereocenters. The van der Waals surface area contributed by atoms with Crippen LogP contribution >= 0.6 is 35.6 Å². The lowest BCUT2D eigenvalue weighted by atomic mass is 10.3. The van der Waals surface area contributed by atoms with Gasteiger partial charge >= 0.3 is 5.97 Å². The first-order chi connectivity index (χ1) is 6.99. The maximum atomic E-state index is 11.1. The maximum Gasteiger partial charge on any atom is 0.322 e. The highest BCUT2D eigenvalue weighted by Gasteiger charge is 2.09. The highest BCUT2D eigenvalue weighted by molar-refractivity contribution is 6.32. The summed E-state index contributed by atoms with van der Waals surface area (Å²) >= 11 is 11.3. The fourth-order valence-corrected chi connectivity index (χ4v) is 1.39. The lowest BCUT2D eigenvalue weighted by Crippen LogP contribution is -2.28. The molecule has 0 aliphatic carbocycles. The van der Waals surface area contributed by atoms with Crippen LogP contribution in [0.2, 0.25) is 10.3 Å². The van der Waals surface area contributed by atoms with Gasteiger partial charge in [-0.1, -0.05) is 23.2 Å². The quantitative estimate of drug-likeness (QED) is 0.683. The van der Waals surface area contributed by atoms with Crippen molar-refractivity contribution in [2.45, 2.75) is 19.6 Å². The number of carbonyl (C=O) groups is 1. The largest absolute Gasteiger partial charge is 0.460 e. The summed E-state index contributed by atoms with van der Waals surface area (Å²) in [6, 6.07) is 2.50. The van der Waals surface area contributed by atoms with Crippen LogP contribution in [0, 0.1) is 0 Å². The van der Waals surface area contributed by atoms with Crippen molar-refractivity contribution in [1.29, 1.82) is 0 Å². The van der Waals surface area contributed by atoms with Crippen LogP contribution in [-0.2, 0) is 16.1 Å². The summed E-state index contributed by atoms with van der Waals surface area (Å²) in [7, 11) is 0. The van der Waals surface area contributed by atoms with E-state index in [0.717, 1.165) is 0 Å². The molecule has 0 spiro atoms. The minimum atomic E-state index is -0.641. The first-order valence-electron chi connectivity index (χ1n) is 4.23. The molecule has 0 unspecified atom stereocenters. The molecule has 1 aromatic heterocycles. The number of halogens is 3. The van der Waals surface area contributed by atoms with E-state index in [9.17, 15) is 4.79 Å². The molecule has 0 bridgehead atoms. The number of pyridine rings is 1. The molecule has 16 heavy (non-hydrogen) atoms. The van der Waals surface area contributed by atoms with Crippen molar-refractivity contribution in [2.75, 3.05) is 0 Å². The van der Waals surface area contributed by atoms with Crippen LogP contribution in [0.3, 0.4) is 0 Å². The van der Waals surface area contributed by atoms with E-state index < -0.39 is 12.0 Å². The van der Waals surface area contributed by atoms with Crippen LogP contribution in [0.15, 0.2) is 12.1 Å². The molecule has 1 aromatic rings. The summed E-state index contributed by atoms with van der Waals surface area (Å²) in [6.45, 7) is 1.64. The molecular formula is C9H11Cl3N2O2. The second-order valence-electron chi connectivity index (χ2n) is 3.02. The molecule has 7 heteroatoms. The summed E-state index contributed by atoms with van der Waals surface area (Å²) in [5, 5.41) is 0.517. The zero-order valence-corrected chi connectivity index (χ0v) is 10.8. The normalized spacial score (nSPS) is 11.5. The summed E-state index contributed by atoms with van der Waals surface area (Å²) in [5.74, 6) is -0.473. The van der Waals surface area contributed by atoms with Crippen molar-refractivity contribution in [3.63, 3.8) is 0 Å². The zero-order valence-electron chi connectivity index (χ0n) is 8.44. The molecular weight excluding hydrogens is 274 g/mol. The lowest BCUT2D eigenvalue weighted by molar-refractivity contribution is -0.146. The molecule has 0 aromatic carbocycles. The van der Waals surface area contributed by atoms with Gasteiger partial charge in [0.15, 0.2) is 0 Å². The smallest absolute Gasteiger partial charge is 0.322 e. The number of aromatic nitrogens is 1. The molecule has 0 saturated carbocycles. The molecule has 90 valence electrons. The summed E-state index contributed by atoms with van der Waals surface area (Å²) in [5.41, 5.74) is 6.00. The Morgan fingerprint density at radius 2 is 2.00 bits per heavy atom. The number of rotatable bonds is 3. The number of nitrogens with zero attached hydrogens (tertiary/aromatic N) is 1. The number of ether oxygens (including phenoxy) is 1. The van der Waals surface area contributed by atoms with Gasteiger partial charge < -0.3 is 10.5 Å². The number of hydrogen-bond acceptors (Lipinski definition) is 4. The molecule has 2 N–H and O–H groups in total. The minimum absolute atomic E-state index is 0. The zero-order chi connectivity index (χ0) is 11.4. The van der Waals surface area contributed by atoms with Gasteiger partial charge in [-0.25, -0.2) is 4.98 Å². The maximum absolute atomic E-state index is 11.1. The highest BCUT2D eigenvalue weighted by Crippen LogP contribution is 2.15. The van der Waals surface area contributed by atoms with Gasteiger partial charge in [0.25, 0.3) is 0 Å². The Labute approximate surface area is 109 Å². The van der Waals surface area contributed by atoms with Gasteiger partial charge in [-0.2, -0.15) is 0 Å². The van der Waals surface area contributed by atoms with Crippen LogP contribution < -0.4 is 5.73 Å². The molecule has 0 fully saturated rings. The molecule has 0 amide bonds. The number of esters is 1. The first-order valence-corrected chi connectivity index (χ1v) is 4.99. The second-order valence-corrected chi connectivity index (χ2v) is 3.79. The van der Waals surface area contributed by atoms with Crippen molar-refractivity contribution < 1.29 is 9.53 Å².